The minimum Gasteiger partial charge on any atom is -0.450 e. The molecule has 1 amide bonds. The van der Waals surface area contributed by atoms with Crippen LogP contribution in [0.15, 0.2) is 0 Å². The van der Waals surface area contributed by atoms with Gasteiger partial charge in [0.05, 0.1) is 6.61 Å². The van der Waals surface area contributed by atoms with Gasteiger partial charge < -0.3 is 10.1 Å². The molecule has 0 saturated heterocycles. The molecular formula is C10H17NO2. The lowest BCUT2D eigenvalue weighted by atomic mass is 10.1. The molecule has 0 aliphatic carbocycles. The smallest absolute Gasteiger partial charge is 0.407 e. The molecule has 0 aromatic carbocycles. The lowest BCUT2D eigenvalue weighted by Gasteiger charge is -2.19. The second-order valence-electron chi connectivity index (χ2n) is 3.82. The number of amides is 1. The highest BCUT2D eigenvalue weighted by atomic mass is 16.5. The third kappa shape index (κ3) is 8.74. The highest BCUT2D eigenvalue weighted by molar-refractivity contribution is 5.67. The SMILES string of the molecule is C#CCCCOC(=O)NC(C)(C)C. The van der Waals surface area contributed by atoms with E-state index in [4.69, 9.17) is 11.2 Å². The van der Waals surface area contributed by atoms with Crippen molar-refractivity contribution in [2.45, 2.75) is 39.2 Å². The third-order valence-electron chi connectivity index (χ3n) is 1.18. The Balaban J connectivity index is 3.48. The highest BCUT2D eigenvalue weighted by Gasteiger charge is 2.13. The molecule has 3 nitrogen and oxygen atoms in total. The quantitative estimate of drug-likeness (QED) is 0.536. The van der Waals surface area contributed by atoms with Crippen molar-refractivity contribution >= 4 is 6.09 Å². The molecule has 0 aromatic heterocycles. The summed E-state index contributed by atoms with van der Waals surface area (Å²) in [5, 5.41) is 2.68. The molecule has 0 saturated carbocycles. The van der Waals surface area contributed by atoms with Crippen LogP contribution in [-0.4, -0.2) is 18.2 Å². The summed E-state index contributed by atoms with van der Waals surface area (Å²) in [6.45, 7) is 6.08. The zero-order chi connectivity index (χ0) is 10.3. The van der Waals surface area contributed by atoms with Gasteiger partial charge >= 0.3 is 6.09 Å². The molecule has 0 fully saturated rings. The Morgan fingerprint density at radius 3 is 2.62 bits per heavy atom. The summed E-state index contributed by atoms with van der Waals surface area (Å²) in [5.74, 6) is 2.48. The summed E-state index contributed by atoms with van der Waals surface area (Å²) in [6, 6.07) is 0. The van der Waals surface area contributed by atoms with E-state index in [1.54, 1.807) is 0 Å². The van der Waals surface area contributed by atoms with Crippen molar-refractivity contribution in [2.24, 2.45) is 0 Å². The molecule has 0 unspecified atom stereocenters. The molecule has 74 valence electrons. The van der Waals surface area contributed by atoms with Gasteiger partial charge in [-0.3, -0.25) is 0 Å². The van der Waals surface area contributed by atoms with Gasteiger partial charge in [0.1, 0.15) is 0 Å². The van der Waals surface area contributed by atoms with Crippen LogP contribution in [0, 0.1) is 12.3 Å². The number of hydrogen-bond donors (Lipinski definition) is 1. The summed E-state index contributed by atoms with van der Waals surface area (Å²) in [5.41, 5.74) is -0.247. The van der Waals surface area contributed by atoms with Crippen molar-refractivity contribution in [1.29, 1.82) is 0 Å². The van der Waals surface area contributed by atoms with Crippen LogP contribution in [0.3, 0.4) is 0 Å². The second kappa shape index (κ2) is 5.47. The first kappa shape index (κ1) is 11.8. The van der Waals surface area contributed by atoms with E-state index >= 15 is 0 Å². The number of rotatable bonds is 3. The molecule has 0 aliphatic heterocycles. The standard InChI is InChI=1S/C10H17NO2/c1-5-6-7-8-13-9(12)11-10(2,3)4/h1H,6-8H2,2-4H3,(H,11,12). The van der Waals surface area contributed by atoms with E-state index in [0.29, 0.717) is 19.4 Å². The fourth-order valence-electron chi connectivity index (χ4n) is 0.681. The number of nitrogens with one attached hydrogen (secondary N) is 1. The normalized spacial score (nSPS) is 10.3. The number of terminal acetylenes is 1. The highest BCUT2D eigenvalue weighted by Crippen LogP contribution is 1.99. The third-order valence-corrected chi connectivity index (χ3v) is 1.18. The van der Waals surface area contributed by atoms with Crippen LogP contribution >= 0.6 is 0 Å². The van der Waals surface area contributed by atoms with E-state index in [9.17, 15) is 4.79 Å². The minimum absolute atomic E-state index is 0.247. The predicted octanol–water partition coefficient (Wildman–Crippen LogP) is 1.92. The first-order chi connectivity index (χ1) is 5.95. The fraction of sp³-hybridized carbons (Fsp3) is 0.700. The van der Waals surface area contributed by atoms with Gasteiger partial charge in [-0.05, 0) is 27.2 Å². The van der Waals surface area contributed by atoms with Gasteiger partial charge in [0.25, 0.3) is 0 Å². The summed E-state index contributed by atoms with van der Waals surface area (Å²) < 4.78 is 4.87. The van der Waals surface area contributed by atoms with Gasteiger partial charge in [0, 0.05) is 12.0 Å². The number of hydrogen-bond acceptors (Lipinski definition) is 2. The maximum atomic E-state index is 11.0. The molecule has 0 heterocycles. The summed E-state index contributed by atoms with van der Waals surface area (Å²) >= 11 is 0. The Kier molecular flexibility index (Phi) is 4.98. The van der Waals surface area contributed by atoms with Crippen LogP contribution < -0.4 is 5.32 Å². The Morgan fingerprint density at radius 1 is 1.54 bits per heavy atom. The maximum Gasteiger partial charge on any atom is 0.407 e. The van der Waals surface area contributed by atoms with Crippen LogP contribution in [0.2, 0.25) is 0 Å². The van der Waals surface area contributed by atoms with Crippen LogP contribution in [0.1, 0.15) is 33.6 Å². The Labute approximate surface area is 79.8 Å². The first-order valence-electron chi connectivity index (χ1n) is 4.34. The van der Waals surface area contributed by atoms with Gasteiger partial charge in [-0.2, -0.15) is 0 Å². The molecule has 0 radical (unpaired) electrons. The van der Waals surface area contributed by atoms with E-state index < -0.39 is 0 Å². The summed E-state index contributed by atoms with van der Waals surface area (Å²) in [7, 11) is 0. The van der Waals surface area contributed by atoms with Crippen LogP contribution in [0.25, 0.3) is 0 Å². The van der Waals surface area contributed by atoms with E-state index in [2.05, 4.69) is 11.2 Å². The van der Waals surface area contributed by atoms with Crippen LogP contribution in [-0.2, 0) is 4.74 Å². The van der Waals surface area contributed by atoms with E-state index in [0.717, 1.165) is 0 Å². The number of carbonyl (C=O) groups excluding carboxylic acids is 1. The summed E-state index contributed by atoms with van der Waals surface area (Å²) in [6.07, 6.45) is 6.01. The zero-order valence-electron chi connectivity index (χ0n) is 8.52. The van der Waals surface area contributed by atoms with Gasteiger partial charge in [-0.1, -0.05) is 0 Å². The maximum absolute atomic E-state index is 11.0. The molecule has 0 aromatic rings. The molecular weight excluding hydrogens is 166 g/mol. The molecule has 0 atom stereocenters. The second-order valence-corrected chi connectivity index (χ2v) is 3.82. The monoisotopic (exact) mass is 183 g/mol. The lowest BCUT2D eigenvalue weighted by molar-refractivity contribution is 0.137. The Hall–Kier alpha value is -1.17. The van der Waals surface area contributed by atoms with Crippen LogP contribution in [0.5, 0.6) is 0 Å². The largest absolute Gasteiger partial charge is 0.450 e. The number of unbranched alkanes of at least 4 members (excludes halogenated alkanes) is 1. The molecule has 13 heavy (non-hydrogen) atoms. The van der Waals surface area contributed by atoms with Gasteiger partial charge in [-0.15, -0.1) is 12.3 Å². The van der Waals surface area contributed by atoms with Crippen LogP contribution in [0.4, 0.5) is 4.79 Å². The van der Waals surface area contributed by atoms with Crippen molar-refractivity contribution in [1.82, 2.24) is 5.32 Å². The topological polar surface area (TPSA) is 38.3 Å². The van der Waals surface area contributed by atoms with Gasteiger partial charge in [0.15, 0.2) is 0 Å². The van der Waals surface area contributed by atoms with E-state index in [1.807, 2.05) is 20.8 Å². The molecule has 1 N–H and O–H groups in total. The lowest BCUT2D eigenvalue weighted by Crippen LogP contribution is -2.41. The Bertz CT molecular complexity index is 198. The number of alkyl carbamates (subject to hydrolysis) is 1. The molecule has 0 aliphatic rings. The molecule has 0 spiro atoms. The number of ether oxygens (including phenoxy) is 1. The average Bonchev–Trinajstić information content (AvgIpc) is 1.94. The average molecular weight is 183 g/mol. The van der Waals surface area contributed by atoms with E-state index in [1.165, 1.54) is 0 Å². The Morgan fingerprint density at radius 2 is 2.15 bits per heavy atom. The van der Waals surface area contributed by atoms with Gasteiger partial charge in [0.2, 0.25) is 0 Å². The van der Waals surface area contributed by atoms with Crippen molar-refractivity contribution in [3.05, 3.63) is 0 Å². The van der Waals surface area contributed by atoms with Crippen molar-refractivity contribution in [2.75, 3.05) is 6.61 Å². The van der Waals surface area contributed by atoms with Gasteiger partial charge in [-0.25, -0.2) is 4.79 Å². The first-order valence-corrected chi connectivity index (χ1v) is 4.34. The van der Waals surface area contributed by atoms with Crippen molar-refractivity contribution in [3.63, 3.8) is 0 Å². The van der Waals surface area contributed by atoms with Crippen molar-refractivity contribution in [3.8, 4) is 12.3 Å². The molecule has 0 rings (SSSR count). The molecule has 3 heteroatoms. The predicted molar refractivity (Wildman–Crippen MR) is 52.3 cm³/mol. The molecule has 0 bridgehead atoms. The van der Waals surface area contributed by atoms with E-state index in [-0.39, 0.29) is 11.6 Å². The number of carbonyl (C=O) groups is 1. The fourth-order valence-corrected chi connectivity index (χ4v) is 0.681. The summed E-state index contributed by atoms with van der Waals surface area (Å²) in [4.78, 5) is 11.0. The minimum atomic E-state index is -0.385. The zero-order valence-corrected chi connectivity index (χ0v) is 8.52. The van der Waals surface area contributed by atoms with Crippen molar-refractivity contribution < 1.29 is 9.53 Å².